The van der Waals surface area contributed by atoms with Crippen molar-refractivity contribution in [2.24, 2.45) is 18.9 Å². The number of amides is 1. The quantitative estimate of drug-likeness (QED) is 0.702. The summed E-state index contributed by atoms with van der Waals surface area (Å²) in [6, 6.07) is 6.94. The summed E-state index contributed by atoms with van der Waals surface area (Å²) >= 11 is 0. The first kappa shape index (κ1) is 13.9. The van der Waals surface area contributed by atoms with Crippen LogP contribution in [-0.4, -0.2) is 46.3 Å². The number of cyclic esters (lactones) is 1. The maximum atomic E-state index is 12.9. The van der Waals surface area contributed by atoms with Crippen LogP contribution in [0.4, 0.5) is 0 Å². The first-order chi connectivity index (χ1) is 11.1. The molecular formula is C16H15N3O4. The Morgan fingerprint density at radius 1 is 1.22 bits per heavy atom. The fraction of sp³-hybridized carbons (Fsp3) is 0.375. The van der Waals surface area contributed by atoms with Crippen molar-refractivity contribution in [2.45, 2.75) is 0 Å². The molecule has 0 spiro atoms. The van der Waals surface area contributed by atoms with Crippen LogP contribution in [0.15, 0.2) is 29.1 Å². The Labute approximate surface area is 131 Å². The van der Waals surface area contributed by atoms with E-state index in [1.165, 1.54) is 11.7 Å². The molecule has 2 fully saturated rings. The van der Waals surface area contributed by atoms with E-state index in [9.17, 15) is 14.4 Å². The normalized spacial score (nSPS) is 23.2. The van der Waals surface area contributed by atoms with E-state index in [1.54, 1.807) is 29.2 Å². The molecule has 118 valence electrons. The van der Waals surface area contributed by atoms with Crippen molar-refractivity contribution in [3.05, 3.63) is 40.3 Å². The first-order valence-corrected chi connectivity index (χ1v) is 7.48. The number of hydrogen-bond acceptors (Lipinski definition) is 5. The minimum atomic E-state index is -0.251. The maximum absolute atomic E-state index is 12.9. The zero-order valence-electron chi connectivity index (χ0n) is 12.6. The minimum Gasteiger partial charge on any atom is -0.465 e. The molecule has 0 saturated carbocycles. The molecule has 2 saturated heterocycles. The predicted octanol–water partition coefficient (Wildman–Crippen LogP) is 0.179. The molecule has 7 nitrogen and oxygen atoms in total. The second kappa shape index (κ2) is 4.91. The van der Waals surface area contributed by atoms with Crippen LogP contribution < -0.4 is 5.56 Å². The molecule has 0 unspecified atom stereocenters. The van der Waals surface area contributed by atoms with Gasteiger partial charge >= 0.3 is 5.97 Å². The highest BCUT2D eigenvalue weighted by Gasteiger charge is 2.45. The summed E-state index contributed by atoms with van der Waals surface area (Å²) in [5.74, 6) is -0.662. The molecule has 0 aliphatic carbocycles. The fourth-order valence-corrected chi connectivity index (χ4v) is 3.38. The van der Waals surface area contributed by atoms with Gasteiger partial charge in [0.1, 0.15) is 0 Å². The van der Waals surface area contributed by atoms with E-state index in [2.05, 4.69) is 5.10 Å². The van der Waals surface area contributed by atoms with E-state index in [1.807, 2.05) is 0 Å². The van der Waals surface area contributed by atoms with Crippen molar-refractivity contribution in [1.29, 1.82) is 0 Å². The van der Waals surface area contributed by atoms with Gasteiger partial charge in [0.2, 0.25) is 0 Å². The highest BCUT2D eigenvalue weighted by molar-refractivity contribution is 6.05. The molecule has 1 aromatic heterocycles. The van der Waals surface area contributed by atoms with Crippen LogP contribution in [0.2, 0.25) is 0 Å². The first-order valence-electron chi connectivity index (χ1n) is 7.48. The average molecular weight is 313 g/mol. The summed E-state index contributed by atoms with van der Waals surface area (Å²) in [5.41, 5.74) is 0.00931. The van der Waals surface area contributed by atoms with Crippen LogP contribution in [0, 0.1) is 11.8 Å². The number of likely N-dealkylation sites (tertiary alicyclic amines) is 1. The third-order valence-electron chi connectivity index (χ3n) is 4.63. The summed E-state index contributed by atoms with van der Waals surface area (Å²) in [5, 5.41) is 5.16. The number of carbonyl (C=O) groups excluding carboxylic acids is 2. The molecule has 0 radical (unpaired) electrons. The summed E-state index contributed by atoms with van der Waals surface area (Å²) in [7, 11) is 1.53. The number of fused-ring (bicyclic) bond motifs is 2. The number of aryl methyl sites for hydroxylation is 1. The second-order valence-electron chi connectivity index (χ2n) is 6.03. The van der Waals surface area contributed by atoms with Crippen molar-refractivity contribution in [2.75, 3.05) is 19.7 Å². The van der Waals surface area contributed by atoms with E-state index >= 15 is 0 Å². The molecule has 2 atom stereocenters. The molecule has 1 amide bonds. The van der Waals surface area contributed by atoms with Gasteiger partial charge in [-0.05, 0) is 6.07 Å². The summed E-state index contributed by atoms with van der Waals surface area (Å²) in [6.45, 7) is 1.20. The topological polar surface area (TPSA) is 81.5 Å². The summed E-state index contributed by atoms with van der Waals surface area (Å²) in [4.78, 5) is 38.3. The van der Waals surface area contributed by atoms with Crippen LogP contribution in [0.25, 0.3) is 10.8 Å². The van der Waals surface area contributed by atoms with Crippen LogP contribution in [0.1, 0.15) is 10.5 Å². The van der Waals surface area contributed by atoms with Gasteiger partial charge < -0.3 is 9.64 Å². The number of carbonyl (C=O) groups is 2. The Morgan fingerprint density at radius 3 is 2.70 bits per heavy atom. The highest BCUT2D eigenvalue weighted by atomic mass is 16.5. The molecule has 2 aromatic rings. The number of nitrogens with zero attached hydrogens (tertiary/aromatic N) is 3. The third-order valence-corrected chi connectivity index (χ3v) is 4.63. The van der Waals surface area contributed by atoms with Gasteiger partial charge in [0.05, 0.1) is 17.9 Å². The van der Waals surface area contributed by atoms with Crippen LogP contribution in [0.5, 0.6) is 0 Å². The van der Waals surface area contributed by atoms with Gasteiger partial charge in [-0.1, -0.05) is 18.2 Å². The minimum absolute atomic E-state index is 0.0604. The third kappa shape index (κ3) is 2.03. The van der Waals surface area contributed by atoms with Gasteiger partial charge in [0, 0.05) is 31.4 Å². The lowest BCUT2D eigenvalue weighted by Crippen LogP contribution is -2.34. The van der Waals surface area contributed by atoms with Crippen molar-refractivity contribution < 1.29 is 14.3 Å². The summed E-state index contributed by atoms with van der Waals surface area (Å²) in [6.07, 6.45) is 0. The van der Waals surface area contributed by atoms with Crippen molar-refractivity contribution in [3.8, 4) is 0 Å². The Balaban J connectivity index is 1.75. The van der Waals surface area contributed by atoms with Gasteiger partial charge in [-0.15, -0.1) is 0 Å². The van der Waals surface area contributed by atoms with Crippen LogP contribution in [0.3, 0.4) is 0 Å². The second-order valence-corrected chi connectivity index (χ2v) is 6.03. The highest BCUT2D eigenvalue weighted by Crippen LogP contribution is 2.31. The van der Waals surface area contributed by atoms with Crippen molar-refractivity contribution in [3.63, 3.8) is 0 Å². The zero-order valence-corrected chi connectivity index (χ0v) is 12.6. The number of benzene rings is 1. The van der Waals surface area contributed by atoms with Crippen LogP contribution >= 0.6 is 0 Å². The van der Waals surface area contributed by atoms with Gasteiger partial charge in [-0.3, -0.25) is 14.4 Å². The van der Waals surface area contributed by atoms with Crippen molar-refractivity contribution in [1.82, 2.24) is 14.7 Å². The van der Waals surface area contributed by atoms with E-state index in [0.29, 0.717) is 30.5 Å². The molecule has 7 heteroatoms. The lowest BCUT2D eigenvalue weighted by molar-refractivity contribution is -0.141. The van der Waals surface area contributed by atoms with Gasteiger partial charge in [0.15, 0.2) is 5.69 Å². The fourth-order valence-electron chi connectivity index (χ4n) is 3.38. The smallest absolute Gasteiger partial charge is 0.311 e. The molecule has 1 aromatic carbocycles. The molecular weight excluding hydrogens is 298 g/mol. The zero-order chi connectivity index (χ0) is 16.1. The number of hydrogen-bond donors (Lipinski definition) is 0. The SMILES string of the molecule is Cn1nc(C(=O)N2C[C@@H]3COC(=O)[C@@H]3C2)c2ccccc2c1=O. The largest absolute Gasteiger partial charge is 0.465 e. The van der Waals surface area contributed by atoms with E-state index in [0.717, 1.165) is 0 Å². The molecule has 3 heterocycles. The molecule has 2 aliphatic heterocycles. The molecule has 23 heavy (non-hydrogen) atoms. The predicted molar refractivity (Wildman–Crippen MR) is 80.8 cm³/mol. The number of aromatic nitrogens is 2. The molecule has 2 aliphatic rings. The molecule has 0 N–H and O–H groups in total. The van der Waals surface area contributed by atoms with Gasteiger partial charge in [-0.25, -0.2) is 4.68 Å². The Morgan fingerprint density at radius 2 is 1.96 bits per heavy atom. The molecule has 0 bridgehead atoms. The number of rotatable bonds is 1. The number of ether oxygens (including phenoxy) is 1. The standard InChI is InChI=1S/C16H15N3O4/c1-18-14(20)11-5-3-2-4-10(11)13(17-18)15(21)19-6-9-8-23-16(22)12(9)7-19/h2-5,9,12H,6-8H2,1H3/t9-,12-/m1/s1. The lowest BCUT2D eigenvalue weighted by Gasteiger charge is -2.18. The van der Waals surface area contributed by atoms with E-state index < -0.39 is 0 Å². The van der Waals surface area contributed by atoms with Crippen LogP contribution in [-0.2, 0) is 16.6 Å². The maximum Gasteiger partial charge on any atom is 0.311 e. The Bertz CT molecular complexity index is 889. The van der Waals surface area contributed by atoms with Crippen molar-refractivity contribution >= 4 is 22.6 Å². The summed E-state index contributed by atoms with van der Waals surface area (Å²) < 4.78 is 6.20. The van der Waals surface area contributed by atoms with Gasteiger partial charge in [0.25, 0.3) is 11.5 Å². The Hall–Kier alpha value is -2.70. The monoisotopic (exact) mass is 313 g/mol. The van der Waals surface area contributed by atoms with E-state index in [-0.39, 0.29) is 35.0 Å². The average Bonchev–Trinajstić information content (AvgIpc) is 3.13. The lowest BCUT2D eigenvalue weighted by atomic mass is 10.0. The van der Waals surface area contributed by atoms with Gasteiger partial charge in [-0.2, -0.15) is 5.10 Å². The number of esters is 1. The van der Waals surface area contributed by atoms with E-state index in [4.69, 9.17) is 4.74 Å². The Kier molecular flexibility index (Phi) is 2.97. The molecule has 4 rings (SSSR count).